The molecule has 12 heteroatoms. The van der Waals surface area contributed by atoms with Gasteiger partial charge in [0, 0.05) is 67.5 Å². The van der Waals surface area contributed by atoms with Gasteiger partial charge in [0.2, 0.25) is 0 Å². The lowest BCUT2D eigenvalue weighted by Crippen LogP contribution is -2.53. The number of ether oxygens (including phenoxy) is 1. The van der Waals surface area contributed by atoms with E-state index in [0.717, 1.165) is 52.0 Å². The highest BCUT2D eigenvalue weighted by Gasteiger charge is 2.43. The number of carbonyl (C=O) groups is 1. The van der Waals surface area contributed by atoms with Crippen LogP contribution in [0.25, 0.3) is 10.8 Å². The fraction of sp³-hybridized carbons (Fsp3) is 0.545. The topological polar surface area (TPSA) is 85.3 Å². The number of aromatic hydroxyl groups is 1. The van der Waals surface area contributed by atoms with Gasteiger partial charge in [0.05, 0.1) is 12.2 Å². The summed E-state index contributed by atoms with van der Waals surface area (Å²) in [6.45, 7) is 9.57. The number of benzene rings is 2. The van der Waals surface area contributed by atoms with E-state index in [9.17, 15) is 23.1 Å². The largest absolute Gasteiger partial charge is 0.508 e. The molecule has 242 valence electrons. The molecule has 2 aromatic carbocycles. The number of phenolic OH excluding ortho intramolecular Hbond substituents is 1. The Bertz CT molecular complexity index is 1540. The van der Waals surface area contributed by atoms with Gasteiger partial charge in [-0.3, -0.25) is 9.69 Å². The molecule has 1 N–H and O–H groups in total. The van der Waals surface area contributed by atoms with Crippen LogP contribution in [-0.2, 0) is 17.8 Å². The van der Waals surface area contributed by atoms with Crippen LogP contribution in [-0.4, -0.2) is 94.9 Å². The summed E-state index contributed by atoms with van der Waals surface area (Å²) >= 11 is 0. The predicted molar refractivity (Wildman–Crippen MR) is 167 cm³/mol. The van der Waals surface area contributed by atoms with Crippen molar-refractivity contribution in [1.82, 2.24) is 19.8 Å². The number of piperidine rings is 1. The third kappa shape index (κ3) is 6.47. The van der Waals surface area contributed by atoms with Crippen molar-refractivity contribution < 1.29 is 27.8 Å². The fourth-order valence-electron chi connectivity index (χ4n) is 7.10. The van der Waals surface area contributed by atoms with Crippen LogP contribution in [0.4, 0.5) is 24.7 Å². The van der Waals surface area contributed by atoms with Crippen LogP contribution in [0.15, 0.2) is 36.4 Å². The number of amides is 1. The molecule has 3 aliphatic rings. The molecule has 45 heavy (non-hydrogen) atoms. The lowest BCUT2D eigenvalue weighted by molar-refractivity contribution is -0.185. The number of rotatable bonds is 6. The highest BCUT2D eigenvalue weighted by atomic mass is 19.4. The van der Waals surface area contributed by atoms with Crippen LogP contribution in [0.1, 0.15) is 44.9 Å². The average molecular weight is 627 g/mol. The van der Waals surface area contributed by atoms with E-state index in [2.05, 4.69) is 30.6 Å². The van der Waals surface area contributed by atoms with Gasteiger partial charge in [-0.2, -0.15) is 23.1 Å². The molecular formula is C33H41F3N6O3. The zero-order chi connectivity index (χ0) is 31.9. The molecule has 0 bridgehead atoms. The number of phenols is 1. The van der Waals surface area contributed by atoms with Crippen molar-refractivity contribution in [2.45, 2.75) is 64.8 Å². The van der Waals surface area contributed by atoms with Crippen LogP contribution in [0.2, 0.25) is 0 Å². The number of piperazine rings is 1. The molecule has 1 unspecified atom stereocenters. The summed E-state index contributed by atoms with van der Waals surface area (Å²) in [6.07, 6.45) is -2.01. The molecule has 0 aliphatic carbocycles. The minimum Gasteiger partial charge on any atom is -0.508 e. The molecule has 0 radical (unpaired) electrons. The van der Waals surface area contributed by atoms with Gasteiger partial charge in [0.1, 0.15) is 18.2 Å². The maximum absolute atomic E-state index is 13.1. The minimum atomic E-state index is -4.89. The van der Waals surface area contributed by atoms with Gasteiger partial charge >= 0.3 is 18.1 Å². The third-order valence-corrected chi connectivity index (χ3v) is 9.50. The number of likely N-dealkylation sites (tertiary alicyclic amines) is 1. The first-order valence-corrected chi connectivity index (χ1v) is 15.9. The van der Waals surface area contributed by atoms with Crippen LogP contribution in [0.3, 0.4) is 0 Å². The molecule has 0 saturated carbocycles. The quantitative estimate of drug-likeness (QED) is 0.410. The van der Waals surface area contributed by atoms with E-state index < -0.39 is 12.1 Å². The number of hydrogen-bond acceptors (Lipinski definition) is 8. The number of aromatic nitrogens is 2. The summed E-state index contributed by atoms with van der Waals surface area (Å²) < 4.78 is 45.7. The number of halogens is 3. The van der Waals surface area contributed by atoms with Gasteiger partial charge in [0.15, 0.2) is 0 Å². The summed E-state index contributed by atoms with van der Waals surface area (Å²) in [4.78, 5) is 29.1. The Balaban J connectivity index is 1.30. The monoisotopic (exact) mass is 626 g/mol. The molecule has 0 spiro atoms. The predicted octanol–water partition coefficient (Wildman–Crippen LogP) is 5.00. The fourth-order valence-corrected chi connectivity index (χ4v) is 7.10. The lowest BCUT2D eigenvalue weighted by Gasteiger charge is -2.42. The van der Waals surface area contributed by atoms with E-state index in [0.29, 0.717) is 43.9 Å². The van der Waals surface area contributed by atoms with Gasteiger partial charge in [-0.1, -0.05) is 31.2 Å². The smallest absolute Gasteiger partial charge is 0.471 e. The summed E-state index contributed by atoms with van der Waals surface area (Å²) in [6, 6.07) is 12.3. The first kappa shape index (κ1) is 31.2. The number of fused-ring (bicyclic) bond motifs is 2. The number of nitrogens with zero attached hydrogens (tertiary/aromatic N) is 6. The number of carbonyl (C=O) groups excluding carboxylic acids is 1. The average Bonchev–Trinajstić information content (AvgIpc) is 3.02. The molecule has 2 fully saturated rings. The molecule has 3 aromatic rings. The van der Waals surface area contributed by atoms with Crippen molar-refractivity contribution in [3.8, 4) is 11.8 Å². The van der Waals surface area contributed by atoms with Crippen molar-refractivity contribution in [2.24, 2.45) is 5.92 Å². The van der Waals surface area contributed by atoms with Gasteiger partial charge < -0.3 is 24.5 Å². The molecule has 9 nitrogen and oxygen atoms in total. The highest BCUT2D eigenvalue weighted by Crippen LogP contribution is 2.37. The molecular weight excluding hydrogens is 585 g/mol. The summed E-state index contributed by atoms with van der Waals surface area (Å²) in [7, 11) is 0. The number of alkyl halides is 3. The third-order valence-electron chi connectivity index (χ3n) is 9.50. The van der Waals surface area contributed by atoms with Gasteiger partial charge in [-0.25, -0.2) is 0 Å². The Morgan fingerprint density at radius 2 is 1.80 bits per heavy atom. The van der Waals surface area contributed by atoms with Crippen LogP contribution >= 0.6 is 0 Å². The first-order chi connectivity index (χ1) is 21.5. The maximum atomic E-state index is 13.1. The van der Waals surface area contributed by atoms with Crippen LogP contribution in [0.5, 0.6) is 11.8 Å². The van der Waals surface area contributed by atoms with Crippen LogP contribution < -0.4 is 14.5 Å². The number of anilines is 2. The van der Waals surface area contributed by atoms with Gasteiger partial charge in [0.25, 0.3) is 0 Å². The zero-order valence-corrected chi connectivity index (χ0v) is 26.1. The molecule has 6 rings (SSSR count). The Labute approximate surface area is 261 Å². The highest BCUT2D eigenvalue weighted by molar-refractivity contribution is 5.95. The second-order valence-electron chi connectivity index (χ2n) is 12.7. The Kier molecular flexibility index (Phi) is 8.69. The lowest BCUT2D eigenvalue weighted by atomic mass is 9.90. The normalized spacial score (nSPS) is 21.4. The van der Waals surface area contributed by atoms with E-state index in [1.54, 1.807) is 12.1 Å². The summed E-state index contributed by atoms with van der Waals surface area (Å²) in [5.41, 5.74) is 2.63. The standard InChI is InChI=1S/C33H41F3N6O3/c1-21(2)42-11-6-7-22(3)29(42)20-45-32-37-27-19-41(28-18-24(43)17-23-8-4-5-9-25(23)28)12-10-26(27)30(38-32)39-13-15-40(16-14-39)31(44)33(34,35)36/h4-5,8-9,17-18,21-22,29,43H,6-7,10-16,19-20H2,1-3H3/t22?,29-/m1/s1. The molecule has 4 heterocycles. The molecule has 1 aromatic heterocycles. The minimum absolute atomic E-state index is 0.0440. The Hall–Kier alpha value is -3.80. The van der Waals surface area contributed by atoms with E-state index in [1.807, 2.05) is 29.2 Å². The van der Waals surface area contributed by atoms with E-state index in [4.69, 9.17) is 14.7 Å². The van der Waals surface area contributed by atoms with Gasteiger partial charge in [-0.15, -0.1) is 0 Å². The van der Waals surface area contributed by atoms with Crippen molar-refractivity contribution in [1.29, 1.82) is 0 Å². The maximum Gasteiger partial charge on any atom is 0.471 e. The van der Waals surface area contributed by atoms with Crippen molar-refractivity contribution >= 4 is 28.2 Å². The number of hydrogen-bond donors (Lipinski definition) is 1. The SMILES string of the molecule is CC1CCCN(C(C)C)[C@@H]1COc1nc2c(c(N3CCN(C(=O)C(F)(F)F)CC3)n1)CCN(c1cc(O)cc3ccccc13)C2. The molecule has 2 atom stereocenters. The molecule has 2 saturated heterocycles. The second-order valence-corrected chi connectivity index (χ2v) is 12.7. The first-order valence-electron chi connectivity index (χ1n) is 15.9. The second kappa shape index (κ2) is 12.5. The van der Waals surface area contributed by atoms with E-state index >= 15 is 0 Å². The van der Waals surface area contributed by atoms with Crippen molar-refractivity contribution in [3.05, 3.63) is 47.7 Å². The Morgan fingerprint density at radius 3 is 2.53 bits per heavy atom. The van der Waals surface area contributed by atoms with E-state index in [1.165, 1.54) is 0 Å². The molecule has 1 amide bonds. The zero-order valence-electron chi connectivity index (χ0n) is 26.1. The van der Waals surface area contributed by atoms with Crippen molar-refractivity contribution in [3.63, 3.8) is 0 Å². The summed E-state index contributed by atoms with van der Waals surface area (Å²) in [5.74, 6) is -0.510. The van der Waals surface area contributed by atoms with E-state index in [-0.39, 0.29) is 44.0 Å². The molecule has 3 aliphatic heterocycles. The van der Waals surface area contributed by atoms with Crippen LogP contribution in [0, 0.1) is 5.92 Å². The van der Waals surface area contributed by atoms with Gasteiger partial charge in [-0.05, 0) is 57.0 Å². The van der Waals surface area contributed by atoms with Crippen molar-refractivity contribution in [2.75, 3.05) is 55.7 Å². The summed E-state index contributed by atoms with van der Waals surface area (Å²) in [5, 5.41) is 12.5. The Morgan fingerprint density at radius 1 is 1.04 bits per heavy atom.